The number of esters is 1. The molecule has 0 radical (unpaired) electrons. The van der Waals surface area contributed by atoms with Crippen molar-refractivity contribution in [3.8, 4) is 0 Å². The first-order valence-electron chi connectivity index (χ1n) is 5.56. The molecule has 1 aromatic rings. The fraction of sp³-hybridized carbons (Fsp3) is 0.700. The normalized spacial score (nSPS) is 16.8. The number of hydrogen-bond acceptors (Lipinski definition) is 5. The molecule has 5 nitrogen and oxygen atoms in total. The van der Waals surface area contributed by atoms with E-state index >= 15 is 0 Å². The fourth-order valence-corrected chi connectivity index (χ4v) is 3.15. The number of nitrogens with zero attached hydrogens (tertiary/aromatic N) is 3. The molecule has 0 unspecified atom stereocenters. The molecule has 1 aliphatic rings. The van der Waals surface area contributed by atoms with Crippen molar-refractivity contribution >= 4 is 33.4 Å². The molecular formula is C10H15BrN3O2S+. The third-order valence-electron chi connectivity index (χ3n) is 2.61. The van der Waals surface area contributed by atoms with Gasteiger partial charge in [0.1, 0.15) is 11.5 Å². The molecule has 0 spiro atoms. The minimum atomic E-state index is -0.0784. The topological polar surface area (TPSA) is 46.3 Å². The monoisotopic (exact) mass is 320 g/mol. The summed E-state index contributed by atoms with van der Waals surface area (Å²) in [7, 11) is 0. The number of rotatable bonds is 5. The van der Waals surface area contributed by atoms with E-state index in [1.807, 2.05) is 13.3 Å². The maximum atomic E-state index is 11.3. The predicted molar refractivity (Wildman–Crippen MR) is 66.3 cm³/mol. The van der Waals surface area contributed by atoms with Crippen LogP contribution >= 0.6 is 27.5 Å². The molecule has 0 atom stereocenters. The smallest absolute Gasteiger partial charge is 0.307 e. The van der Waals surface area contributed by atoms with Gasteiger partial charge in [0.15, 0.2) is 6.67 Å². The first-order valence-corrected chi connectivity index (χ1v) is 7.13. The lowest BCUT2D eigenvalue weighted by atomic mass is 9.97. The van der Waals surface area contributed by atoms with Crippen LogP contribution < -0.4 is 3.96 Å². The zero-order chi connectivity index (χ0) is 12.3. The maximum Gasteiger partial charge on any atom is 0.307 e. The van der Waals surface area contributed by atoms with Crippen molar-refractivity contribution in [2.75, 3.05) is 19.7 Å². The van der Waals surface area contributed by atoms with Crippen molar-refractivity contribution in [3.05, 3.63) is 10.2 Å². The highest BCUT2D eigenvalue weighted by atomic mass is 79.9. The first-order chi connectivity index (χ1) is 8.17. The Morgan fingerprint density at radius 2 is 2.53 bits per heavy atom. The fourth-order valence-electron chi connectivity index (χ4n) is 1.89. The van der Waals surface area contributed by atoms with Crippen molar-refractivity contribution in [2.45, 2.75) is 20.0 Å². The number of hydrogen-bond donors (Lipinski definition) is 0. The Morgan fingerprint density at radius 1 is 1.76 bits per heavy atom. The number of likely N-dealkylation sites (tertiary alicyclic amines) is 1. The summed E-state index contributed by atoms with van der Waals surface area (Å²) in [6.07, 6.45) is 2.36. The average Bonchev–Trinajstić information content (AvgIpc) is 2.61. The second-order valence-corrected chi connectivity index (χ2v) is 6.37. The molecule has 2 heterocycles. The van der Waals surface area contributed by atoms with Gasteiger partial charge in [0, 0.05) is 29.0 Å². The number of carbonyl (C=O) groups is 1. The standard InChI is InChI=1S/C10H15BrN3O2S/c1-2-16-9(15)3-8-4-13(5-8)7-14-6-12-10(11)17-14/h6,8H,2-5,7H2,1H3/q+1. The lowest BCUT2D eigenvalue weighted by molar-refractivity contribution is -0.656. The molecular weight excluding hydrogens is 306 g/mol. The number of carbonyl (C=O) groups excluding carboxylic acids is 1. The van der Waals surface area contributed by atoms with Gasteiger partial charge in [0.25, 0.3) is 0 Å². The van der Waals surface area contributed by atoms with Gasteiger partial charge < -0.3 is 4.74 Å². The highest BCUT2D eigenvalue weighted by Gasteiger charge is 2.30. The summed E-state index contributed by atoms with van der Waals surface area (Å²) in [6.45, 7) is 5.08. The van der Waals surface area contributed by atoms with Gasteiger partial charge in [-0.25, -0.2) is 0 Å². The molecule has 0 N–H and O–H groups in total. The van der Waals surface area contributed by atoms with Crippen LogP contribution in [-0.4, -0.2) is 35.5 Å². The molecule has 17 heavy (non-hydrogen) atoms. The van der Waals surface area contributed by atoms with Crippen LogP contribution in [0.4, 0.5) is 0 Å². The zero-order valence-electron chi connectivity index (χ0n) is 9.63. The number of ether oxygens (including phenoxy) is 1. The van der Waals surface area contributed by atoms with Crippen molar-refractivity contribution in [2.24, 2.45) is 5.92 Å². The molecule has 1 saturated heterocycles. The summed E-state index contributed by atoms with van der Waals surface area (Å²) < 4.78 is 7.88. The lowest BCUT2D eigenvalue weighted by Crippen LogP contribution is -2.53. The van der Waals surface area contributed by atoms with Crippen molar-refractivity contribution < 1.29 is 13.5 Å². The predicted octanol–water partition coefficient (Wildman–Crippen LogP) is 1.04. The molecule has 0 amide bonds. The molecule has 2 rings (SSSR count). The van der Waals surface area contributed by atoms with Crippen molar-refractivity contribution in [3.63, 3.8) is 0 Å². The van der Waals surface area contributed by atoms with Gasteiger partial charge in [0.05, 0.1) is 13.0 Å². The Hall–Kier alpha value is -0.530. The molecule has 1 aliphatic heterocycles. The summed E-state index contributed by atoms with van der Waals surface area (Å²) >= 11 is 4.91. The van der Waals surface area contributed by atoms with Gasteiger partial charge in [-0.05, 0) is 17.8 Å². The molecule has 0 bridgehead atoms. The minimum Gasteiger partial charge on any atom is -0.466 e. The molecule has 0 aliphatic carbocycles. The Kier molecular flexibility index (Phi) is 4.47. The van der Waals surface area contributed by atoms with E-state index in [2.05, 4.69) is 29.8 Å². The van der Waals surface area contributed by atoms with Gasteiger partial charge in [-0.3, -0.25) is 9.69 Å². The summed E-state index contributed by atoms with van der Waals surface area (Å²) in [5.41, 5.74) is 0. The molecule has 1 fully saturated rings. The molecule has 0 aromatic carbocycles. The molecule has 94 valence electrons. The molecule has 7 heteroatoms. The van der Waals surface area contributed by atoms with E-state index in [1.165, 1.54) is 0 Å². The van der Waals surface area contributed by atoms with Crippen LogP contribution in [0.3, 0.4) is 0 Å². The van der Waals surface area contributed by atoms with Crippen LogP contribution in [0.2, 0.25) is 0 Å². The van der Waals surface area contributed by atoms with Gasteiger partial charge in [0.2, 0.25) is 0 Å². The second-order valence-electron chi connectivity index (χ2n) is 4.06. The van der Waals surface area contributed by atoms with E-state index in [0.717, 1.165) is 23.7 Å². The van der Waals surface area contributed by atoms with Crippen LogP contribution in [0.25, 0.3) is 0 Å². The largest absolute Gasteiger partial charge is 0.466 e. The highest BCUT2D eigenvalue weighted by Crippen LogP contribution is 2.19. The van der Waals surface area contributed by atoms with Crippen LogP contribution in [0.15, 0.2) is 10.2 Å². The quantitative estimate of drug-likeness (QED) is 0.600. The van der Waals surface area contributed by atoms with E-state index in [-0.39, 0.29) is 5.97 Å². The second kappa shape index (κ2) is 5.88. The molecule has 0 saturated carbocycles. The number of halogens is 1. The van der Waals surface area contributed by atoms with Gasteiger partial charge >= 0.3 is 16.2 Å². The third-order valence-corrected chi connectivity index (χ3v) is 3.95. The Morgan fingerprint density at radius 3 is 3.12 bits per heavy atom. The van der Waals surface area contributed by atoms with E-state index in [1.54, 1.807) is 11.5 Å². The van der Waals surface area contributed by atoms with Crippen LogP contribution in [0, 0.1) is 5.92 Å². The number of aromatic nitrogens is 2. The summed E-state index contributed by atoms with van der Waals surface area (Å²) in [6, 6.07) is 0. The Labute approximate surface area is 113 Å². The summed E-state index contributed by atoms with van der Waals surface area (Å²) in [5, 5.41) is 0. The van der Waals surface area contributed by atoms with Gasteiger partial charge in [-0.15, -0.1) is 0 Å². The first kappa shape index (κ1) is 12.9. The molecule has 1 aromatic heterocycles. The summed E-state index contributed by atoms with van der Waals surface area (Å²) in [5.74, 6) is 0.372. The van der Waals surface area contributed by atoms with Crippen molar-refractivity contribution in [1.29, 1.82) is 0 Å². The van der Waals surface area contributed by atoms with E-state index in [4.69, 9.17) is 4.74 Å². The van der Waals surface area contributed by atoms with Crippen LogP contribution in [0.5, 0.6) is 0 Å². The third kappa shape index (κ3) is 3.72. The van der Waals surface area contributed by atoms with Gasteiger partial charge in [-0.2, -0.15) is 3.96 Å². The zero-order valence-corrected chi connectivity index (χ0v) is 12.0. The van der Waals surface area contributed by atoms with E-state index in [9.17, 15) is 4.79 Å². The van der Waals surface area contributed by atoms with Crippen LogP contribution in [0.1, 0.15) is 13.3 Å². The summed E-state index contributed by atoms with van der Waals surface area (Å²) in [4.78, 5) is 17.7. The van der Waals surface area contributed by atoms with E-state index in [0.29, 0.717) is 18.9 Å². The Balaban J connectivity index is 1.67. The average molecular weight is 321 g/mol. The van der Waals surface area contributed by atoms with E-state index < -0.39 is 0 Å². The van der Waals surface area contributed by atoms with Gasteiger partial charge in [-0.1, -0.05) is 0 Å². The Bertz CT molecular complexity index is 393. The van der Waals surface area contributed by atoms with Crippen molar-refractivity contribution in [1.82, 2.24) is 9.88 Å². The SMILES string of the molecule is CCOC(=O)CC1CN(C[n+]2cnc(Br)s2)C1. The highest BCUT2D eigenvalue weighted by molar-refractivity contribution is 9.11. The minimum absolute atomic E-state index is 0.0784. The maximum absolute atomic E-state index is 11.3. The van der Waals surface area contributed by atoms with Crippen LogP contribution in [-0.2, 0) is 16.2 Å². The lowest BCUT2D eigenvalue weighted by Gasteiger charge is -2.36.